The summed E-state index contributed by atoms with van der Waals surface area (Å²) in [5, 5.41) is 17.9. The van der Waals surface area contributed by atoms with Gasteiger partial charge in [-0.2, -0.15) is 0 Å². The molecule has 0 aliphatic carbocycles. The quantitative estimate of drug-likeness (QED) is 0.0911. The molecule has 0 aliphatic heterocycles. The highest BCUT2D eigenvalue weighted by Gasteiger charge is 2.19. The summed E-state index contributed by atoms with van der Waals surface area (Å²) >= 11 is 0. The number of carbonyl (C=O) groups is 3. The van der Waals surface area contributed by atoms with Crippen LogP contribution in [0, 0.1) is 5.92 Å². The molecule has 0 spiro atoms. The van der Waals surface area contributed by atoms with Crippen molar-refractivity contribution >= 4 is 17.7 Å². The Morgan fingerprint density at radius 2 is 1.19 bits per heavy atom. The first kappa shape index (κ1) is 39.8. The van der Waals surface area contributed by atoms with Gasteiger partial charge in [-0.15, -0.1) is 0 Å². The van der Waals surface area contributed by atoms with Gasteiger partial charge in [0.15, 0.2) is 0 Å². The molecule has 1 aromatic rings. The van der Waals surface area contributed by atoms with Crippen LogP contribution < -0.4 is 0 Å². The van der Waals surface area contributed by atoms with E-state index < -0.39 is 17.5 Å². The number of carboxylic acid groups (broad SMARTS) is 1. The zero-order chi connectivity index (χ0) is 31.6. The molecule has 0 aliphatic rings. The number of esters is 1. The number of ether oxygens (including phenoxy) is 2. The molecule has 0 unspecified atom stereocenters. The summed E-state index contributed by atoms with van der Waals surface area (Å²) in [4.78, 5) is 34.2. The number of aliphatic hydroxyl groups excluding tert-OH is 1. The number of ketones is 1. The molecule has 42 heavy (non-hydrogen) atoms. The number of benzene rings is 1. The van der Waals surface area contributed by atoms with Gasteiger partial charge in [0.2, 0.25) is 0 Å². The second kappa shape index (κ2) is 25.3. The van der Waals surface area contributed by atoms with E-state index in [0.29, 0.717) is 5.78 Å². The molecule has 0 atom stereocenters. The fourth-order valence-electron chi connectivity index (χ4n) is 4.38. The van der Waals surface area contributed by atoms with Crippen molar-refractivity contribution in [1.29, 1.82) is 0 Å². The van der Waals surface area contributed by atoms with Crippen LogP contribution in [0.3, 0.4) is 0 Å². The number of hydrogen-bond donors (Lipinski definition) is 2. The van der Waals surface area contributed by atoms with Crippen LogP contribution in [0.1, 0.15) is 158 Å². The molecule has 0 saturated heterocycles. The number of carboxylic acids is 1. The maximum absolute atomic E-state index is 11.8. The molecule has 0 aromatic heterocycles. The maximum atomic E-state index is 11.8. The largest absolute Gasteiger partial charge is 0.478 e. The molecule has 1 rings (SSSR count). The third-order valence-corrected chi connectivity index (χ3v) is 7.24. The monoisotopic (exact) mass is 592 g/mol. The van der Waals surface area contributed by atoms with Crippen LogP contribution >= 0.6 is 0 Å². The molecule has 0 radical (unpaired) electrons. The number of unbranched alkanes of at least 4 members (excludes halogenated alkanes) is 14. The second-order valence-electron chi connectivity index (χ2n) is 12.1. The molecule has 0 heterocycles. The number of aliphatic hydroxyl groups is 1. The van der Waals surface area contributed by atoms with E-state index in [2.05, 4.69) is 6.92 Å². The van der Waals surface area contributed by atoms with Gasteiger partial charge in [-0.05, 0) is 32.4 Å². The van der Waals surface area contributed by atoms with Crippen LogP contribution in [0.5, 0.6) is 0 Å². The Balaban J connectivity index is 0.000000803. The van der Waals surface area contributed by atoms with Crippen molar-refractivity contribution in [2.75, 3.05) is 19.8 Å². The van der Waals surface area contributed by atoms with Crippen molar-refractivity contribution < 1.29 is 34.1 Å². The average molecular weight is 593 g/mol. The molecule has 0 amide bonds. The molecule has 1 aromatic carbocycles. The van der Waals surface area contributed by atoms with Gasteiger partial charge >= 0.3 is 11.9 Å². The molecule has 7 nitrogen and oxygen atoms in total. The molecule has 7 heteroatoms. The zero-order valence-corrected chi connectivity index (χ0v) is 27.3. The van der Waals surface area contributed by atoms with Gasteiger partial charge in [0, 0.05) is 12.3 Å². The first-order valence-corrected chi connectivity index (χ1v) is 16.3. The smallest absolute Gasteiger partial charge is 0.339 e. The summed E-state index contributed by atoms with van der Waals surface area (Å²) in [5.74, 6) is -1.23. The highest BCUT2D eigenvalue weighted by molar-refractivity contribution is 6.02. The van der Waals surface area contributed by atoms with Gasteiger partial charge < -0.3 is 19.7 Å². The number of aromatic carboxylic acids is 1. The topological polar surface area (TPSA) is 110 Å². The normalized spacial score (nSPS) is 11.2. The minimum absolute atomic E-state index is 0.00131. The van der Waals surface area contributed by atoms with Crippen molar-refractivity contribution in [3.8, 4) is 0 Å². The van der Waals surface area contributed by atoms with E-state index >= 15 is 0 Å². The number of hydrogen-bond acceptors (Lipinski definition) is 6. The summed E-state index contributed by atoms with van der Waals surface area (Å²) < 4.78 is 10.2. The van der Waals surface area contributed by atoms with Crippen LogP contribution in [0.2, 0.25) is 0 Å². The second-order valence-corrected chi connectivity index (χ2v) is 12.1. The van der Waals surface area contributed by atoms with Gasteiger partial charge in [-0.1, -0.05) is 123 Å². The molecule has 0 fully saturated rings. The zero-order valence-electron chi connectivity index (χ0n) is 27.3. The lowest BCUT2D eigenvalue weighted by Gasteiger charge is -2.22. The van der Waals surface area contributed by atoms with Crippen molar-refractivity contribution in [2.45, 2.75) is 143 Å². The maximum Gasteiger partial charge on any atom is 0.339 e. The molecule has 0 bridgehead atoms. The van der Waals surface area contributed by atoms with Crippen LogP contribution in [0.4, 0.5) is 0 Å². The number of Topliss-reactive ketones (excluding diaryl/α,β-unsaturated/α-hetero) is 1. The lowest BCUT2D eigenvalue weighted by atomic mass is 10.0. The van der Waals surface area contributed by atoms with Crippen molar-refractivity contribution in [3.05, 3.63) is 35.4 Å². The standard InChI is InChI=1S/C21H42O.C14H18O6/c1-4-5-6-7-8-9-10-11-12-13-14-15-16-17-18-19-21(22)20(2)3;1-14(2,9-15)20-8-7-19-13(18)11-6-4-3-5-10(11)12(16)17/h20H,4-19H2,1-3H3;3-6,15H,7-9H2,1-2H3,(H,16,17). The van der Waals surface area contributed by atoms with E-state index in [1.807, 2.05) is 13.8 Å². The molecular formula is C35H60O7. The summed E-state index contributed by atoms with van der Waals surface area (Å²) in [5.41, 5.74) is -0.804. The van der Waals surface area contributed by atoms with Crippen molar-refractivity contribution in [3.63, 3.8) is 0 Å². The minimum Gasteiger partial charge on any atom is -0.478 e. The van der Waals surface area contributed by atoms with Gasteiger partial charge in [-0.25, -0.2) is 9.59 Å². The van der Waals surface area contributed by atoms with E-state index in [9.17, 15) is 14.4 Å². The van der Waals surface area contributed by atoms with Crippen molar-refractivity contribution in [2.24, 2.45) is 5.92 Å². The Morgan fingerprint density at radius 1 is 0.738 bits per heavy atom. The first-order valence-electron chi connectivity index (χ1n) is 16.3. The lowest BCUT2D eigenvalue weighted by Crippen LogP contribution is -2.30. The Labute approximate surface area is 255 Å². The summed E-state index contributed by atoms with van der Waals surface area (Å²) in [7, 11) is 0. The van der Waals surface area contributed by atoms with Gasteiger partial charge in [0.1, 0.15) is 12.4 Å². The van der Waals surface area contributed by atoms with E-state index in [0.717, 1.165) is 12.8 Å². The van der Waals surface area contributed by atoms with E-state index in [1.54, 1.807) is 19.9 Å². The predicted molar refractivity (Wildman–Crippen MR) is 170 cm³/mol. The van der Waals surface area contributed by atoms with Gasteiger partial charge in [0.05, 0.1) is 29.9 Å². The Kier molecular flexibility index (Phi) is 23.9. The molecular weight excluding hydrogens is 532 g/mol. The third-order valence-electron chi connectivity index (χ3n) is 7.24. The van der Waals surface area contributed by atoms with E-state index in [-0.39, 0.29) is 36.9 Å². The molecule has 0 saturated carbocycles. The number of rotatable bonds is 24. The molecule has 242 valence electrons. The fraction of sp³-hybridized carbons (Fsp3) is 0.743. The predicted octanol–water partition coefficient (Wildman–Crippen LogP) is 8.80. The highest BCUT2D eigenvalue weighted by Crippen LogP contribution is 2.15. The Morgan fingerprint density at radius 3 is 1.62 bits per heavy atom. The van der Waals surface area contributed by atoms with Crippen LogP contribution in [0.25, 0.3) is 0 Å². The van der Waals surface area contributed by atoms with E-state index in [4.69, 9.17) is 19.7 Å². The van der Waals surface area contributed by atoms with E-state index in [1.165, 1.54) is 108 Å². The van der Waals surface area contributed by atoms with Crippen molar-refractivity contribution in [1.82, 2.24) is 0 Å². The third kappa shape index (κ3) is 21.5. The SMILES string of the molecule is CC(C)(CO)OCCOC(=O)c1ccccc1C(=O)O.CCCCCCCCCCCCCCCCCC(=O)C(C)C. The van der Waals surface area contributed by atoms with Crippen LogP contribution in [-0.4, -0.2) is 53.4 Å². The fourth-order valence-corrected chi connectivity index (χ4v) is 4.38. The van der Waals surface area contributed by atoms with Gasteiger partial charge in [0.25, 0.3) is 0 Å². The highest BCUT2D eigenvalue weighted by atomic mass is 16.6. The summed E-state index contributed by atoms with van der Waals surface area (Å²) in [6.45, 7) is 9.66. The summed E-state index contributed by atoms with van der Waals surface area (Å²) in [6.07, 6.45) is 21.6. The lowest BCUT2D eigenvalue weighted by molar-refractivity contribution is -0.122. The van der Waals surface area contributed by atoms with Crippen LogP contribution in [-0.2, 0) is 14.3 Å². The van der Waals surface area contributed by atoms with Crippen LogP contribution in [0.15, 0.2) is 24.3 Å². The Bertz CT molecular complexity index is 847. The van der Waals surface area contributed by atoms with Gasteiger partial charge in [-0.3, -0.25) is 4.79 Å². The summed E-state index contributed by atoms with van der Waals surface area (Å²) in [6, 6.07) is 5.83. The molecule has 2 N–H and O–H groups in total. The Hall–Kier alpha value is -2.25. The number of carbonyl (C=O) groups excluding carboxylic acids is 2. The minimum atomic E-state index is -1.18. The average Bonchev–Trinajstić information content (AvgIpc) is 2.97. The first-order chi connectivity index (χ1) is 20.1.